The number of hydrogen-bond donors (Lipinski definition) is 0. The van der Waals surface area contributed by atoms with Crippen LogP contribution < -0.4 is 0 Å². The maximum absolute atomic E-state index is 13.3. The number of benzene rings is 2. The van der Waals surface area contributed by atoms with Gasteiger partial charge in [0.2, 0.25) is 0 Å². The van der Waals surface area contributed by atoms with Crippen LogP contribution in [0.4, 0.5) is 4.39 Å². The Kier molecular flexibility index (Phi) is 3.80. The molecule has 0 bridgehead atoms. The molecule has 0 atom stereocenters. The van der Waals surface area contributed by atoms with Gasteiger partial charge in [-0.25, -0.2) is 14.1 Å². The first-order valence-electron chi connectivity index (χ1n) is 8.34. The predicted octanol–water partition coefficient (Wildman–Crippen LogP) is 5.35. The van der Waals surface area contributed by atoms with E-state index in [1.807, 2.05) is 41.1 Å². The van der Waals surface area contributed by atoms with Gasteiger partial charge in [-0.15, -0.1) is 0 Å². The number of hydrogen-bond acceptors (Lipinski definition) is 2. The van der Waals surface area contributed by atoms with Gasteiger partial charge in [-0.05, 0) is 54.4 Å². The van der Waals surface area contributed by atoms with E-state index in [2.05, 4.69) is 19.9 Å². The molecule has 3 nitrogen and oxygen atoms in total. The summed E-state index contributed by atoms with van der Waals surface area (Å²) >= 11 is 0. The van der Waals surface area contributed by atoms with Crippen LogP contribution in [-0.2, 0) is 0 Å². The van der Waals surface area contributed by atoms with Crippen molar-refractivity contribution in [3.05, 3.63) is 78.2 Å². The molecule has 0 saturated carbocycles. The summed E-state index contributed by atoms with van der Waals surface area (Å²) in [5.74, 6) is 0.800. The van der Waals surface area contributed by atoms with Gasteiger partial charge >= 0.3 is 0 Å². The van der Waals surface area contributed by atoms with Gasteiger partial charge in [-0.1, -0.05) is 32.0 Å². The quantitative estimate of drug-likeness (QED) is 0.506. The molecule has 0 unspecified atom stereocenters. The van der Waals surface area contributed by atoms with Crippen molar-refractivity contribution in [1.29, 1.82) is 0 Å². The molecule has 0 N–H and O–H groups in total. The van der Waals surface area contributed by atoms with Gasteiger partial charge in [0.05, 0.1) is 16.9 Å². The molecular formula is C21H18FN3. The number of pyridine rings is 1. The van der Waals surface area contributed by atoms with Crippen molar-refractivity contribution in [2.45, 2.75) is 19.8 Å². The van der Waals surface area contributed by atoms with Gasteiger partial charge in [-0.2, -0.15) is 5.10 Å². The van der Waals surface area contributed by atoms with Gasteiger partial charge in [-0.3, -0.25) is 0 Å². The van der Waals surface area contributed by atoms with E-state index < -0.39 is 0 Å². The topological polar surface area (TPSA) is 30.7 Å². The molecule has 0 aliphatic rings. The Morgan fingerprint density at radius 1 is 0.920 bits per heavy atom. The van der Waals surface area contributed by atoms with Crippen molar-refractivity contribution in [2.24, 2.45) is 0 Å². The zero-order chi connectivity index (χ0) is 17.4. The Balaban J connectivity index is 1.91. The zero-order valence-electron chi connectivity index (χ0n) is 14.1. The fourth-order valence-corrected chi connectivity index (χ4v) is 2.86. The first kappa shape index (κ1) is 15.5. The molecule has 0 fully saturated rings. The lowest BCUT2D eigenvalue weighted by Gasteiger charge is -2.08. The highest BCUT2D eigenvalue weighted by Crippen LogP contribution is 2.27. The number of nitrogens with zero attached hydrogens (tertiary/aromatic N) is 3. The Morgan fingerprint density at radius 2 is 1.68 bits per heavy atom. The first-order chi connectivity index (χ1) is 12.1. The van der Waals surface area contributed by atoms with Crippen molar-refractivity contribution < 1.29 is 4.39 Å². The summed E-state index contributed by atoms with van der Waals surface area (Å²) in [5.41, 5.74) is 3.73. The van der Waals surface area contributed by atoms with Gasteiger partial charge in [0.1, 0.15) is 5.82 Å². The summed E-state index contributed by atoms with van der Waals surface area (Å²) in [6.45, 7) is 4.21. The predicted molar refractivity (Wildman–Crippen MR) is 98.3 cm³/mol. The van der Waals surface area contributed by atoms with Crippen LogP contribution in [0, 0.1) is 5.82 Å². The van der Waals surface area contributed by atoms with E-state index in [0.29, 0.717) is 5.92 Å². The van der Waals surface area contributed by atoms with Crippen LogP contribution in [0.2, 0.25) is 0 Å². The highest BCUT2D eigenvalue weighted by molar-refractivity contribution is 5.79. The molecule has 2 aromatic carbocycles. The SMILES string of the molecule is CC(C)c1cc(-c2ccc(F)cc2)n(-c2ccc3ccccc3n2)n1. The van der Waals surface area contributed by atoms with Gasteiger partial charge in [0, 0.05) is 10.9 Å². The van der Waals surface area contributed by atoms with E-state index in [1.54, 1.807) is 12.1 Å². The fourth-order valence-electron chi connectivity index (χ4n) is 2.86. The standard InChI is InChI=1S/C21H18FN3/c1-14(2)19-13-20(16-7-10-17(22)11-8-16)25(24-19)21-12-9-15-5-3-4-6-18(15)23-21/h3-14H,1-2H3. The number of aromatic nitrogens is 3. The maximum atomic E-state index is 13.3. The molecule has 4 aromatic rings. The molecule has 0 aliphatic carbocycles. The Bertz CT molecular complexity index is 1030. The lowest BCUT2D eigenvalue weighted by atomic mass is 10.1. The van der Waals surface area contributed by atoms with Crippen molar-refractivity contribution in [3.63, 3.8) is 0 Å². The number of halogens is 1. The minimum absolute atomic E-state index is 0.247. The molecule has 0 radical (unpaired) electrons. The third-order valence-corrected chi connectivity index (χ3v) is 4.26. The van der Waals surface area contributed by atoms with Crippen LogP contribution in [0.5, 0.6) is 0 Å². The smallest absolute Gasteiger partial charge is 0.154 e. The van der Waals surface area contributed by atoms with Crippen molar-refractivity contribution >= 4 is 10.9 Å². The monoisotopic (exact) mass is 331 g/mol. The average molecular weight is 331 g/mol. The Morgan fingerprint density at radius 3 is 2.44 bits per heavy atom. The molecule has 0 amide bonds. The van der Waals surface area contributed by atoms with Crippen molar-refractivity contribution in [3.8, 4) is 17.1 Å². The third kappa shape index (κ3) is 2.91. The molecule has 124 valence electrons. The summed E-state index contributed by atoms with van der Waals surface area (Å²) in [5, 5.41) is 5.83. The highest BCUT2D eigenvalue weighted by Gasteiger charge is 2.15. The van der Waals surface area contributed by atoms with Gasteiger partial charge in [0.25, 0.3) is 0 Å². The molecule has 2 heterocycles. The molecule has 0 spiro atoms. The lowest BCUT2D eigenvalue weighted by molar-refractivity contribution is 0.628. The number of fused-ring (bicyclic) bond motifs is 1. The Labute approximate surface area is 145 Å². The van der Waals surface area contributed by atoms with Crippen molar-refractivity contribution in [1.82, 2.24) is 14.8 Å². The summed E-state index contributed by atoms with van der Waals surface area (Å²) in [7, 11) is 0. The van der Waals surface area contributed by atoms with Crippen LogP contribution in [0.3, 0.4) is 0 Å². The van der Waals surface area contributed by atoms with Crippen LogP contribution in [0.15, 0.2) is 66.7 Å². The summed E-state index contributed by atoms with van der Waals surface area (Å²) in [4.78, 5) is 4.75. The molecule has 4 rings (SSSR count). The van der Waals surface area contributed by atoms with E-state index in [4.69, 9.17) is 10.1 Å². The summed E-state index contributed by atoms with van der Waals surface area (Å²) in [6, 6.07) is 20.5. The van der Waals surface area contributed by atoms with Crippen LogP contribution in [0.25, 0.3) is 28.0 Å². The normalized spacial score (nSPS) is 11.4. The molecule has 25 heavy (non-hydrogen) atoms. The van der Waals surface area contributed by atoms with E-state index in [-0.39, 0.29) is 5.82 Å². The molecule has 2 aromatic heterocycles. The second-order valence-electron chi connectivity index (χ2n) is 6.39. The van der Waals surface area contributed by atoms with Crippen LogP contribution in [-0.4, -0.2) is 14.8 Å². The lowest BCUT2D eigenvalue weighted by Crippen LogP contribution is -2.03. The third-order valence-electron chi connectivity index (χ3n) is 4.26. The summed E-state index contributed by atoms with van der Waals surface area (Å²) < 4.78 is 15.1. The van der Waals surface area contributed by atoms with E-state index in [9.17, 15) is 4.39 Å². The van der Waals surface area contributed by atoms with Gasteiger partial charge < -0.3 is 0 Å². The minimum Gasteiger partial charge on any atom is -0.229 e. The fraction of sp³-hybridized carbons (Fsp3) is 0.143. The van der Waals surface area contributed by atoms with E-state index in [1.165, 1.54) is 12.1 Å². The van der Waals surface area contributed by atoms with Gasteiger partial charge in [0.15, 0.2) is 5.82 Å². The Hall–Kier alpha value is -3.01. The largest absolute Gasteiger partial charge is 0.229 e. The average Bonchev–Trinajstić information content (AvgIpc) is 3.07. The molecular weight excluding hydrogens is 313 g/mol. The molecule has 4 heteroatoms. The van der Waals surface area contributed by atoms with Crippen LogP contribution >= 0.6 is 0 Å². The maximum Gasteiger partial charge on any atom is 0.154 e. The molecule has 0 saturated heterocycles. The zero-order valence-corrected chi connectivity index (χ0v) is 14.1. The second-order valence-corrected chi connectivity index (χ2v) is 6.39. The van der Waals surface area contributed by atoms with Crippen LogP contribution in [0.1, 0.15) is 25.5 Å². The highest BCUT2D eigenvalue weighted by atomic mass is 19.1. The first-order valence-corrected chi connectivity index (χ1v) is 8.34. The molecule has 0 aliphatic heterocycles. The summed E-state index contributed by atoms with van der Waals surface area (Å²) in [6.07, 6.45) is 0. The van der Waals surface area contributed by atoms with Crippen molar-refractivity contribution in [2.75, 3.05) is 0 Å². The van der Waals surface area contributed by atoms with E-state index in [0.717, 1.165) is 33.7 Å². The minimum atomic E-state index is -0.247. The van der Waals surface area contributed by atoms with E-state index >= 15 is 0 Å². The number of para-hydroxylation sites is 1. The second kappa shape index (κ2) is 6.13. The number of rotatable bonds is 3.